The number of aromatic nitrogens is 5. The highest BCUT2D eigenvalue weighted by molar-refractivity contribution is 7.98. The molecule has 0 aliphatic rings. The van der Waals surface area contributed by atoms with Crippen LogP contribution in [0.1, 0.15) is 19.0 Å². The maximum atomic E-state index is 5.93. The van der Waals surface area contributed by atoms with Crippen molar-refractivity contribution in [3.8, 4) is 0 Å². The first kappa shape index (κ1) is 12.4. The van der Waals surface area contributed by atoms with Crippen molar-refractivity contribution >= 4 is 23.4 Å². The monoisotopic (exact) mass is 271 g/mol. The highest BCUT2D eigenvalue weighted by Gasteiger charge is 2.07. The normalized spacial score (nSPS) is 11.0. The van der Waals surface area contributed by atoms with Crippen LogP contribution in [0.5, 0.6) is 0 Å². The summed E-state index contributed by atoms with van der Waals surface area (Å²) >= 11 is 7.55. The van der Waals surface area contributed by atoms with Crippen molar-refractivity contribution < 1.29 is 0 Å². The Balaban J connectivity index is 1.99. The van der Waals surface area contributed by atoms with Gasteiger partial charge in [0.2, 0.25) is 0 Å². The summed E-state index contributed by atoms with van der Waals surface area (Å²) in [5.74, 6) is 0.753. The second-order valence-corrected chi connectivity index (χ2v) is 5.01. The molecule has 0 radical (unpaired) electrons. The van der Waals surface area contributed by atoms with Crippen molar-refractivity contribution in [2.75, 3.05) is 0 Å². The van der Waals surface area contributed by atoms with Crippen LogP contribution in [-0.2, 0) is 19.3 Å². The Bertz CT molecular complexity index is 473. The van der Waals surface area contributed by atoms with Crippen molar-refractivity contribution in [1.82, 2.24) is 24.5 Å². The Morgan fingerprint density at radius 3 is 2.94 bits per heavy atom. The van der Waals surface area contributed by atoms with E-state index in [1.807, 2.05) is 13.1 Å². The topological polar surface area (TPSA) is 48.5 Å². The van der Waals surface area contributed by atoms with Crippen molar-refractivity contribution in [3.05, 3.63) is 23.2 Å². The van der Waals surface area contributed by atoms with Crippen LogP contribution in [0.3, 0.4) is 0 Å². The third kappa shape index (κ3) is 3.01. The third-order valence-electron chi connectivity index (χ3n) is 2.27. The summed E-state index contributed by atoms with van der Waals surface area (Å²) in [6, 6.07) is 1.87. The second-order valence-electron chi connectivity index (χ2n) is 3.68. The molecule has 2 aromatic heterocycles. The van der Waals surface area contributed by atoms with Gasteiger partial charge in [0.25, 0.3) is 0 Å². The summed E-state index contributed by atoms with van der Waals surface area (Å²) in [6.45, 7) is 3.07. The fourth-order valence-electron chi connectivity index (χ4n) is 1.46. The Morgan fingerprint density at radius 1 is 1.47 bits per heavy atom. The molecule has 92 valence electrons. The summed E-state index contributed by atoms with van der Waals surface area (Å²) in [5, 5.41) is 13.9. The van der Waals surface area contributed by atoms with E-state index in [2.05, 4.69) is 26.8 Å². The molecule has 0 aliphatic heterocycles. The molecule has 5 nitrogen and oxygen atoms in total. The average Bonchev–Trinajstić information content (AvgIpc) is 2.85. The minimum Gasteiger partial charge on any atom is -0.309 e. The number of hydrogen-bond acceptors (Lipinski definition) is 4. The van der Waals surface area contributed by atoms with Crippen molar-refractivity contribution in [2.24, 2.45) is 7.05 Å². The summed E-state index contributed by atoms with van der Waals surface area (Å²) in [7, 11) is 1.83. The Labute approximate surface area is 109 Å². The molecule has 0 N–H and O–H groups in total. The highest BCUT2D eigenvalue weighted by atomic mass is 35.5. The first-order valence-electron chi connectivity index (χ1n) is 5.39. The first-order chi connectivity index (χ1) is 8.20. The number of aryl methyl sites for hydroxylation is 2. The molecular weight excluding hydrogens is 258 g/mol. The van der Waals surface area contributed by atoms with Crippen LogP contribution in [0, 0.1) is 0 Å². The van der Waals surface area contributed by atoms with Gasteiger partial charge in [0.15, 0.2) is 5.16 Å². The minimum absolute atomic E-state index is 0.649. The van der Waals surface area contributed by atoms with Gasteiger partial charge in [-0.2, -0.15) is 5.10 Å². The van der Waals surface area contributed by atoms with Gasteiger partial charge in [0.1, 0.15) is 11.5 Å². The summed E-state index contributed by atoms with van der Waals surface area (Å²) in [6.07, 6.45) is 2.83. The molecule has 0 fully saturated rings. The van der Waals surface area contributed by atoms with Gasteiger partial charge < -0.3 is 4.57 Å². The Hall–Kier alpha value is -1.01. The van der Waals surface area contributed by atoms with Gasteiger partial charge in [-0.3, -0.25) is 4.68 Å². The molecule has 0 atom stereocenters. The van der Waals surface area contributed by atoms with Crippen LogP contribution in [0.25, 0.3) is 0 Å². The van der Waals surface area contributed by atoms with E-state index >= 15 is 0 Å². The molecular formula is C10H14ClN5S. The van der Waals surface area contributed by atoms with Gasteiger partial charge in [0.05, 0.1) is 5.69 Å². The van der Waals surface area contributed by atoms with Gasteiger partial charge in [-0.05, 0) is 12.5 Å². The van der Waals surface area contributed by atoms with Crippen LogP contribution in [-0.4, -0.2) is 24.5 Å². The van der Waals surface area contributed by atoms with E-state index in [9.17, 15) is 0 Å². The largest absolute Gasteiger partial charge is 0.309 e. The maximum Gasteiger partial charge on any atom is 0.191 e. The van der Waals surface area contributed by atoms with Crippen molar-refractivity contribution in [1.29, 1.82) is 0 Å². The van der Waals surface area contributed by atoms with E-state index < -0.39 is 0 Å². The Morgan fingerprint density at radius 2 is 2.29 bits per heavy atom. The SMILES string of the molecule is CCCn1cnnc1SCc1cc(Cl)n(C)n1. The van der Waals surface area contributed by atoms with Crippen LogP contribution >= 0.6 is 23.4 Å². The standard InChI is InChI=1S/C10H14ClN5S/c1-3-4-16-7-12-13-10(16)17-6-8-5-9(11)15(2)14-8/h5,7H,3-4,6H2,1-2H3. The molecule has 0 aliphatic carbocycles. The second kappa shape index (κ2) is 5.55. The lowest BCUT2D eigenvalue weighted by Gasteiger charge is -2.02. The van der Waals surface area contributed by atoms with Crippen LogP contribution < -0.4 is 0 Å². The van der Waals surface area contributed by atoms with E-state index in [-0.39, 0.29) is 0 Å². The molecule has 0 saturated carbocycles. The molecule has 7 heteroatoms. The third-order valence-corrected chi connectivity index (χ3v) is 3.64. The van der Waals surface area contributed by atoms with Crippen LogP contribution in [0.2, 0.25) is 5.15 Å². The molecule has 0 unspecified atom stereocenters. The number of halogens is 1. The molecule has 17 heavy (non-hydrogen) atoms. The molecule has 0 aromatic carbocycles. The summed E-state index contributed by atoms with van der Waals surface area (Å²) < 4.78 is 3.71. The van der Waals surface area contributed by atoms with Gasteiger partial charge in [-0.25, -0.2) is 0 Å². The number of thioether (sulfide) groups is 1. The van der Waals surface area contributed by atoms with Crippen molar-refractivity contribution in [2.45, 2.75) is 30.8 Å². The van der Waals surface area contributed by atoms with Crippen LogP contribution in [0.4, 0.5) is 0 Å². The minimum atomic E-state index is 0.649. The highest BCUT2D eigenvalue weighted by Crippen LogP contribution is 2.21. The van der Waals surface area contributed by atoms with Gasteiger partial charge in [-0.15, -0.1) is 10.2 Å². The number of hydrogen-bond donors (Lipinski definition) is 0. The van der Waals surface area contributed by atoms with Gasteiger partial charge in [0, 0.05) is 19.3 Å². The molecule has 0 amide bonds. The molecule has 0 saturated heterocycles. The zero-order valence-corrected chi connectivity index (χ0v) is 11.4. The fourth-order valence-corrected chi connectivity index (χ4v) is 2.45. The van der Waals surface area contributed by atoms with Gasteiger partial charge >= 0.3 is 0 Å². The maximum absolute atomic E-state index is 5.93. The summed E-state index contributed by atoms with van der Waals surface area (Å²) in [4.78, 5) is 0. The lowest BCUT2D eigenvalue weighted by molar-refractivity contribution is 0.620. The van der Waals surface area contributed by atoms with E-state index in [0.29, 0.717) is 5.15 Å². The lowest BCUT2D eigenvalue weighted by Crippen LogP contribution is -1.97. The zero-order valence-electron chi connectivity index (χ0n) is 9.80. The molecule has 2 aromatic rings. The van der Waals surface area contributed by atoms with E-state index in [1.165, 1.54) is 0 Å². The molecule has 2 heterocycles. The molecule has 2 rings (SSSR count). The predicted octanol–water partition coefficient (Wildman–Crippen LogP) is 2.37. The first-order valence-corrected chi connectivity index (χ1v) is 6.76. The summed E-state index contributed by atoms with van der Waals surface area (Å²) in [5.41, 5.74) is 0.952. The fraction of sp³-hybridized carbons (Fsp3) is 0.500. The van der Waals surface area contributed by atoms with E-state index in [1.54, 1.807) is 22.8 Å². The van der Waals surface area contributed by atoms with Crippen LogP contribution in [0.15, 0.2) is 17.6 Å². The lowest BCUT2D eigenvalue weighted by atomic mass is 10.5. The smallest absolute Gasteiger partial charge is 0.191 e. The van der Waals surface area contributed by atoms with Crippen molar-refractivity contribution in [3.63, 3.8) is 0 Å². The molecule has 0 bridgehead atoms. The number of nitrogens with zero attached hydrogens (tertiary/aromatic N) is 5. The van der Waals surface area contributed by atoms with E-state index in [0.717, 1.165) is 29.6 Å². The predicted molar refractivity (Wildman–Crippen MR) is 68.1 cm³/mol. The zero-order chi connectivity index (χ0) is 12.3. The Kier molecular flexibility index (Phi) is 4.06. The quantitative estimate of drug-likeness (QED) is 0.784. The van der Waals surface area contributed by atoms with E-state index in [4.69, 9.17) is 11.6 Å². The average molecular weight is 272 g/mol. The number of rotatable bonds is 5. The molecule has 0 spiro atoms. The van der Waals surface area contributed by atoms with Gasteiger partial charge in [-0.1, -0.05) is 30.3 Å².